The monoisotopic (exact) mass is 326 g/mol. The quantitative estimate of drug-likeness (QED) is 0.897. The maximum absolute atomic E-state index is 12.2. The Hall–Kier alpha value is -1.07. The molecule has 104 valence electrons. The van der Waals surface area contributed by atoms with Crippen LogP contribution in [0.4, 0.5) is 4.79 Å². The van der Waals surface area contributed by atoms with Gasteiger partial charge >= 0.3 is 6.03 Å². The van der Waals surface area contributed by atoms with Crippen LogP contribution in [0, 0.1) is 0 Å². The summed E-state index contributed by atoms with van der Waals surface area (Å²) in [6, 6.07) is 7.72. The van der Waals surface area contributed by atoms with Gasteiger partial charge in [-0.25, -0.2) is 4.79 Å². The van der Waals surface area contributed by atoms with Crippen LogP contribution in [-0.4, -0.2) is 35.2 Å². The number of hydrogen-bond donors (Lipinski definition) is 2. The third-order valence-electron chi connectivity index (χ3n) is 3.54. The molecule has 0 aromatic heterocycles. The van der Waals surface area contributed by atoms with Gasteiger partial charge < -0.3 is 15.3 Å². The molecule has 2 atom stereocenters. The van der Waals surface area contributed by atoms with Crippen LogP contribution < -0.4 is 5.32 Å². The van der Waals surface area contributed by atoms with Crippen molar-refractivity contribution in [1.29, 1.82) is 0 Å². The number of hydrogen-bond acceptors (Lipinski definition) is 2. The maximum atomic E-state index is 12.2. The van der Waals surface area contributed by atoms with Gasteiger partial charge in [0.25, 0.3) is 0 Å². The summed E-state index contributed by atoms with van der Waals surface area (Å²) < 4.78 is 1.00. The van der Waals surface area contributed by atoms with E-state index in [0.29, 0.717) is 0 Å². The number of benzene rings is 1. The fraction of sp³-hybridized carbons (Fsp3) is 0.500. The molecule has 1 aromatic carbocycles. The van der Waals surface area contributed by atoms with Crippen molar-refractivity contribution in [2.45, 2.75) is 31.8 Å². The smallest absolute Gasteiger partial charge is 0.318 e. The van der Waals surface area contributed by atoms with E-state index in [4.69, 9.17) is 0 Å². The normalized spacial score (nSPS) is 20.4. The van der Waals surface area contributed by atoms with Crippen LogP contribution >= 0.6 is 15.9 Å². The molecule has 0 spiro atoms. The van der Waals surface area contributed by atoms with Crippen LogP contribution in [0.2, 0.25) is 0 Å². The van der Waals surface area contributed by atoms with Gasteiger partial charge in [0.2, 0.25) is 0 Å². The molecule has 2 N–H and O–H groups in total. The van der Waals surface area contributed by atoms with E-state index in [-0.39, 0.29) is 24.7 Å². The van der Waals surface area contributed by atoms with Crippen LogP contribution in [0.25, 0.3) is 0 Å². The number of nitrogens with one attached hydrogen (secondary N) is 1. The van der Waals surface area contributed by atoms with Crippen LogP contribution in [0.1, 0.15) is 31.4 Å². The number of halogens is 1. The van der Waals surface area contributed by atoms with Crippen LogP contribution in [0.5, 0.6) is 0 Å². The lowest BCUT2D eigenvalue weighted by Crippen LogP contribution is -2.44. The van der Waals surface area contributed by atoms with Crippen molar-refractivity contribution in [2.75, 3.05) is 13.2 Å². The Morgan fingerprint density at radius 3 is 3.11 bits per heavy atom. The summed E-state index contributed by atoms with van der Waals surface area (Å²) in [5, 5.41) is 12.2. The van der Waals surface area contributed by atoms with Crippen LogP contribution in [-0.2, 0) is 0 Å². The van der Waals surface area contributed by atoms with Crippen molar-refractivity contribution in [1.82, 2.24) is 10.2 Å². The second-order valence-corrected chi connectivity index (χ2v) is 5.81. The van der Waals surface area contributed by atoms with E-state index in [1.54, 1.807) is 4.90 Å². The highest BCUT2D eigenvalue weighted by Crippen LogP contribution is 2.20. The fourth-order valence-corrected chi connectivity index (χ4v) is 2.84. The van der Waals surface area contributed by atoms with Gasteiger partial charge in [-0.2, -0.15) is 0 Å². The molecule has 0 aliphatic carbocycles. The standard InChI is InChI=1S/C14H19BrN2O2/c1-10(11-4-2-5-12(15)8-11)16-14(19)17-7-3-6-13(17)9-18/h2,4-5,8,10,13,18H,3,6-7,9H2,1H3,(H,16,19). The number of nitrogens with zero attached hydrogens (tertiary/aromatic N) is 1. The Morgan fingerprint density at radius 2 is 2.42 bits per heavy atom. The summed E-state index contributed by atoms with van der Waals surface area (Å²) in [5.74, 6) is 0. The number of likely N-dealkylation sites (tertiary alicyclic amines) is 1. The van der Waals surface area contributed by atoms with E-state index in [1.807, 2.05) is 31.2 Å². The molecule has 2 rings (SSSR count). The molecule has 4 nitrogen and oxygen atoms in total. The van der Waals surface area contributed by atoms with Gasteiger partial charge in [-0.3, -0.25) is 0 Å². The van der Waals surface area contributed by atoms with Crippen LogP contribution in [0.15, 0.2) is 28.7 Å². The second-order valence-electron chi connectivity index (χ2n) is 4.90. The summed E-state index contributed by atoms with van der Waals surface area (Å²) in [7, 11) is 0. The zero-order valence-corrected chi connectivity index (χ0v) is 12.6. The van der Waals surface area contributed by atoms with Crippen molar-refractivity contribution < 1.29 is 9.90 Å². The molecule has 1 aliphatic heterocycles. The van der Waals surface area contributed by atoms with Gasteiger partial charge in [0.05, 0.1) is 18.7 Å². The third-order valence-corrected chi connectivity index (χ3v) is 4.03. The van der Waals surface area contributed by atoms with Gasteiger partial charge in [0, 0.05) is 11.0 Å². The largest absolute Gasteiger partial charge is 0.394 e. The predicted molar refractivity (Wildman–Crippen MR) is 77.9 cm³/mol. The van der Waals surface area contributed by atoms with Crippen molar-refractivity contribution in [3.63, 3.8) is 0 Å². The minimum absolute atomic E-state index is 0.0327. The van der Waals surface area contributed by atoms with Gasteiger partial charge in [-0.05, 0) is 37.5 Å². The molecule has 1 aromatic rings. The third kappa shape index (κ3) is 3.48. The lowest BCUT2D eigenvalue weighted by molar-refractivity contribution is 0.155. The average molecular weight is 327 g/mol. The number of urea groups is 1. The zero-order chi connectivity index (χ0) is 13.8. The lowest BCUT2D eigenvalue weighted by atomic mass is 10.1. The van der Waals surface area contributed by atoms with E-state index in [1.165, 1.54) is 0 Å². The molecule has 0 saturated carbocycles. The molecule has 1 saturated heterocycles. The highest BCUT2D eigenvalue weighted by molar-refractivity contribution is 9.10. The molecule has 1 aliphatic rings. The molecular weight excluding hydrogens is 308 g/mol. The summed E-state index contributed by atoms with van der Waals surface area (Å²) in [4.78, 5) is 13.9. The molecule has 1 heterocycles. The second kappa shape index (κ2) is 6.39. The number of amides is 2. The van der Waals surface area contributed by atoms with E-state index >= 15 is 0 Å². The molecule has 1 fully saturated rings. The zero-order valence-electron chi connectivity index (χ0n) is 11.0. The van der Waals surface area contributed by atoms with E-state index in [0.717, 1.165) is 29.4 Å². The molecule has 0 radical (unpaired) electrons. The Labute approximate surface area is 121 Å². The van der Waals surface area contributed by atoms with E-state index in [2.05, 4.69) is 21.2 Å². The topological polar surface area (TPSA) is 52.6 Å². The number of aliphatic hydroxyl groups is 1. The average Bonchev–Trinajstić information content (AvgIpc) is 2.87. The molecule has 2 amide bonds. The van der Waals surface area contributed by atoms with Gasteiger partial charge in [0.1, 0.15) is 0 Å². The Balaban J connectivity index is 1.98. The summed E-state index contributed by atoms with van der Waals surface area (Å²) in [6.07, 6.45) is 1.85. The van der Waals surface area contributed by atoms with Gasteiger partial charge in [-0.15, -0.1) is 0 Å². The molecule has 2 unspecified atom stereocenters. The highest BCUT2D eigenvalue weighted by Gasteiger charge is 2.28. The number of rotatable bonds is 3. The maximum Gasteiger partial charge on any atom is 0.318 e. The van der Waals surface area contributed by atoms with Crippen molar-refractivity contribution in [3.8, 4) is 0 Å². The number of aliphatic hydroxyl groups excluding tert-OH is 1. The van der Waals surface area contributed by atoms with E-state index < -0.39 is 0 Å². The number of carbonyl (C=O) groups is 1. The highest BCUT2D eigenvalue weighted by atomic mass is 79.9. The fourth-order valence-electron chi connectivity index (χ4n) is 2.42. The first-order valence-electron chi connectivity index (χ1n) is 6.55. The minimum atomic E-state index is -0.0935. The molecule has 5 heteroatoms. The summed E-state index contributed by atoms with van der Waals surface area (Å²) in [6.45, 7) is 2.73. The molecule has 0 bridgehead atoms. The first-order valence-corrected chi connectivity index (χ1v) is 7.34. The lowest BCUT2D eigenvalue weighted by Gasteiger charge is -2.25. The minimum Gasteiger partial charge on any atom is -0.394 e. The summed E-state index contributed by atoms with van der Waals surface area (Å²) in [5.41, 5.74) is 1.06. The van der Waals surface area contributed by atoms with E-state index in [9.17, 15) is 9.90 Å². The molecular formula is C14H19BrN2O2. The van der Waals surface area contributed by atoms with Crippen molar-refractivity contribution in [2.24, 2.45) is 0 Å². The van der Waals surface area contributed by atoms with Gasteiger partial charge in [-0.1, -0.05) is 28.1 Å². The Morgan fingerprint density at radius 1 is 1.63 bits per heavy atom. The first-order chi connectivity index (χ1) is 9.11. The van der Waals surface area contributed by atoms with Crippen molar-refractivity contribution in [3.05, 3.63) is 34.3 Å². The van der Waals surface area contributed by atoms with Gasteiger partial charge in [0.15, 0.2) is 0 Å². The van der Waals surface area contributed by atoms with Crippen LogP contribution in [0.3, 0.4) is 0 Å². The molecule has 19 heavy (non-hydrogen) atoms. The SMILES string of the molecule is CC(NC(=O)N1CCCC1CO)c1cccc(Br)c1. The Bertz CT molecular complexity index is 453. The first kappa shape index (κ1) is 14.3. The summed E-state index contributed by atoms with van der Waals surface area (Å²) >= 11 is 3.43. The predicted octanol–water partition coefficient (Wildman–Crippen LogP) is 2.68. The Kier molecular flexibility index (Phi) is 4.82. The number of carbonyl (C=O) groups excluding carboxylic acids is 1. The van der Waals surface area contributed by atoms with Crippen molar-refractivity contribution >= 4 is 22.0 Å².